The number of rotatable bonds is 6. The average molecular weight is 424 g/mol. The highest BCUT2D eigenvalue weighted by Crippen LogP contribution is 2.26. The van der Waals surface area contributed by atoms with Gasteiger partial charge in [-0.3, -0.25) is 0 Å². The van der Waals surface area contributed by atoms with Crippen molar-refractivity contribution < 1.29 is 14.1 Å². The maximum atomic E-state index is 11.6. The normalized spacial score (nSPS) is 11.7. The fourth-order valence-corrected chi connectivity index (χ4v) is 5.12. The summed E-state index contributed by atoms with van der Waals surface area (Å²) in [6, 6.07) is 16.9. The molecule has 2 heterocycles. The third kappa shape index (κ3) is 4.23. The number of carbonyl (C=O) groups is 1. The molecule has 0 unspecified atom stereocenters. The summed E-state index contributed by atoms with van der Waals surface area (Å²) in [6.07, 6.45) is 6.53. The molecule has 148 valence electrons. The molecule has 29 heavy (non-hydrogen) atoms. The average Bonchev–Trinajstić information content (AvgIpc) is 3.25. The summed E-state index contributed by atoms with van der Waals surface area (Å²) in [6.45, 7) is 3.00. The first-order chi connectivity index (χ1) is 14.2. The van der Waals surface area contributed by atoms with Crippen LogP contribution < -0.4 is 4.57 Å². The van der Waals surface area contributed by atoms with E-state index >= 15 is 0 Å². The number of aryl methyl sites for hydroxylation is 2. The van der Waals surface area contributed by atoms with E-state index in [2.05, 4.69) is 83.1 Å². The lowest BCUT2D eigenvalue weighted by Crippen LogP contribution is -2.28. The second-order valence-corrected chi connectivity index (χ2v) is 8.72. The molecule has 0 N–H and O–H groups in total. The summed E-state index contributed by atoms with van der Waals surface area (Å²) < 4.78 is 10.7. The number of carbonyl (C=O) groups excluding carboxylic acids is 1. The molecule has 2 aromatic carbocycles. The third-order valence-electron chi connectivity index (χ3n) is 4.81. The van der Waals surface area contributed by atoms with Crippen LogP contribution in [0.1, 0.15) is 17.5 Å². The Kier molecular flexibility index (Phi) is 6.02. The molecule has 0 radical (unpaired) electrons. The number of thioether (sulfide) groups is 1. The van der Waals surface area contributed by atoms with E-state index in [9.17, 15) is 4.79 Å². The number of nitrogens with zero attached hydrogens (tertiary/aromatic N) is 2. The van der Waals surface area contributed by atoms with Crippen molar-refractivity contribution in [3.8, 4) is 0 Å². The van der Waals surface area contributed by atoms with E-state index in [0.29, 0.717) is 12.4 Å². The topological polar surface area (TPSA) is 35.1 Å². The Morgan fingerprint density at radius 3 is 2.79 bits per heavy atom. The van der Waals surface area contributed by atoms with Crippen LogP contribution in [0.25, 0.3) is 33.3 Å². The van der Waals surface area contributed by atoms with Gasteiger partial charge >= 0.3 is 5.30 Å². The quantitative estimate of drug-likeness (QED) is 0.293. The monoisotopic (exact) mass is 423 g/mol. The number of hydrogen-bond donors (Lipinski definition) is 0. The summed E-state index contributed by atoms with van der Waals surface area (Å²) in [4.78, 5) is 11.6. The molecule has 2 aromatic heterocycles. The first-order valence-corrected chi connectivity index (χ1v) is 11.4. The Morgan fingerprint density at radius 1 is 1.17 bits per heavy atom. The van der Waals surface area contributed by atoms with Gasteiger partial charge in [0.2, 0.25) is 5.52 Å². The van der Waals surface area contributed by atoms with E-state index in [1.54, 1.807) is 11.3 Å². The van der Waals surface area contributed by atoms with Crippen LogP contribution >= 0.6 is 23.1 Å². The molecule has 0 aliphatic carbocycles. The Hall–Kier alpha value is -2.57. The molecule has 4 rings (SSSR count). The minimum atomic E-state index is -0.207. The highest BCUT2D eigenvalue weighted by Gasteiger charge is 2.14. The largest absolute Gasteiger partial charge is 0.458 e. The third-order valence-corrected chi connectivity index (χ3v) is 6.74. The van der Waals surface area contributed by atoms with Gasteiger partial charge < -0.3 is 9.30 Å². The van der Waals surface area contributed by atoms with Crippen molar-refractivity contribution >= 4 is 61.7 Å². The van der Waals surface area contributed by atoms with Crippen LogP contribution in [-0.2, 0) is 18.3 Å². The van der Waals surface area contributed by atoms with Crippen molar-refractivity contribution in [1.82, 2.24) is 4.57 Å². The Labute approximate surface area is 178 Å². The SMILES string of the molecule is CCOC(=O)SCCn1cc(/C=C/c2sc3ccccc3[n+]2C)c2ccccc21. The summed E-state index contributed by atoms with van der Waals surface area (Å²) >= 11 is 3.02. The zero-order valence-electron chi connectivity index (χ0n) is 16.5. The Bertz CT molecular complexity index is 1190. The molecule has 0 saturated carbocycles. The zero-order valence-corrected chi connectivity index (χ0v) is 18.1. The number of ether oxygens (including phenoxy) is 1. The molecule has 0 aliphatic rings. The van der Waals surface area contributed by atoms with Gasteiger partial charge in [0.05, 0.1) is 6.61 Å². The van der Waals surface area contributed by atoms with E-state index in [1.807, 2.05) is 6.92 Å². The molecular formula is C23H23N2O2S2+. The van der Waals surface area contributed by atoms with E-state index in [1.165, 1.54) is 43.5 Å². The molecule has 4 aromatic rings. The van der Waals surface area contributed by atoms with Crippen molar-refractivity contribution in [3.63, 3.8) is 0 Å². The van der Waals surface area contributed by atoms with Gasteiger partial charge in [0.25, 0.3) is 5.01 Å². The van der Waals surface area contributed by atoms with Gasteiger partial charge in [-0.2, -0.15) is 4.57 Å². The smallest absolute Gasteiger partial charge is 0.367 e. The first kappa shape index (κ1) is 19.7. The minimum absolute atomic E-state index is 0.207. The first-order valence-electron chi connectivity index (χ1n) is 9.60. The van der Waals surface area contributed by atoms with Crippen molar-refractivity contribution in [2.75, 3.05) is 12.4 Å². The van der Waals surface area contributed by atoms with E-state index in [-0.39, 0.29) is 5.30 Å². The predicted molar refractivity (Wildman–Crippen MR) is 123 cm³/mol. The number of thiazole rings is 1. The highest BCUT2D eigenvalue weighted by molar-refractivity contribution is 8.13. The fraction of sp³-hybridized carbons (Fsp3) is 0.217. The maximum absolute atomic E-state index is 11.6. The van der Waals surface area contributed by atoms with E-state index < -0.39 is 0 Å². The zero-order chi connectivity index (χ0) is 20.2. The van der Waals surface area contributed by atoms with Gasteiger partial charge in [0, 0.05) is 47.1 Å². The lowest BCUT2D eigenvalue weighted by atomic mass is 10.1. The van der Waals surface area contributed by atoms with Crippen molar-refractivity contribution in [1.29, 1.82) is 0 Å². The molecule has 4 nitrogen and oxygen atoms in total. The van der Waals surface area contributed by atoms with E-state index in [0.717, 1.165) is 6.54 Å². The number of hydrogen-bond acceptors (Lipinski definition) is 4. The molecule has 6 heteroatoms. The van der Waals surface area contributed by atoms with Crippen LogP contribution in [0.5, 0.6) is 0 Å². The Morgan fingerprint density at radius 2 is 1.97 bits per heavy atom. The van der Waals surface area contributed by atoms with E-state index in [4.69, 9.17) is 4.74 Å². The number of para-hydroxylation sites is 2. The van der Waals surface area contributed by atoms with Crippen LogP contribution in [0.2, 0.25) is 0 Å². The van der Waals surface area contributed by atoms with Crippen LogP contribution in [-0.4, -0.2) is 22.2 Å². The molecule has 0 spiro atoms. The van der Waals surface area contributed by atoms with Crippen LogP contribution in [0.4, 0.5) is 4.79 Å². The lowest BCUT2D eigenvalue weighted by molar-refractivity contribution is -0.642. The predicted octanol–water partition coefficient (Wildman–Crippen LogP) is 5.74. The number of aromatic nitrogens is 2. The summed E-state index contributed by atoms with van der Waals surface area (Å²) in [5, 5.41) is 2.22. The highest BCUT2D eigenvalue weighted by atomic mass is 32.2. The maximum Gasteiger partial charge on any atom is 0.367 e. The molecular weight excluding hydrogens is 400 g/mol. The van der Waals surface area contributed by atoms with Crippen LogP contribution in [0.3, 0.4) is 0 Å². The van der Waals surface area contributed by atoms with Crippen molar-refractivity contribution in [2.45, 2.75) is 13.5 Å². The van der Waals surface area contributed by atoms with Crippen LogP contribution in [0, 0.1) is 0 Å². The van der Waals surface area contributed by atoms with Crippen molar-refractivity contribution in [3.05, 3.63) is 65.3 Å². The molecule has 0 atom stereocenters. The van der Waals surface area contributed by atoms with Gasteiger partial charge in [-0.05, 0) is 36.9 Å². The number of fused-ring (bicyclic) bond motifs is 2. The lowest BCUT2D eigenvalue weighted by Gasteiger charge is -2.04. The molecule has 0 aliphatic heterocycles. The summed E-state index contributed by atoms with van der Waals surface area (Å²) in [7, 11) is 2.11. The second kappa shape index (κ2) is 8.84. The molecule has 0 saturated heterocycles. The van der Waals surface area contributed by atoms with Crippen LogP contribution in [0.15, 0.2) is 54.7 Å². The van der Waals surface area contributed by atoms with Crippen molar-refractivity contribution in [2.24, 2.45) is 7.05 Å². The summed E-state index contributed by atoms with van der Waals surface area (Å²) in [5.74, 6) is 0.686. The van der Waals surface area contributed by atoms with Gasteiger partial charge in [0.1, 0.15) is 11.7 Å². The molecule has 0 bridgehead atoms. The minimum Gasteiger partial charge on any atom is -0.458 e. The standard InChI is InChI=1S/C23H23N2O2S2/c1-3-27-23(26)28-15-14-25-16-17(18-8-4-5-9-19(18)25)12-13-22-24(2)20-10-6-7-11-21(20)29-22/h4-13,16H,3,14-15H2,1-2H3/q+1. The molecule has 0 fully saturated rings. The summed E-state index contributed by atoms with van der Waals surface area (Å²) in [5.41, 5.74) is 3.60. The second-order valence-electron chi connectivity index (χ2n) is 6.63. The Balaban J connectivity index is 1.59. The molecule has 0 amide bonds. The fourth-order valence-electron chi connectivity index (χ4n) is 3.41. The van der Waals surface area contributed by atoms with Gasteiger partial charge in [-0.1, -0.05) is 41.7 Å². The number of benzene rings is 2. The van der Waals surface area contributed by atoms with Gasteiger partial charge in [-0.25, -0.2) is 4.79 Å². The van der Waals surface area contributed by atoms with Gasteiger partial charge in [-0.15, -0.1) is 0 Å². The van der Waals surface area contributed by atoms with Gasteiger partial charge in [0.15, 0.2) is 0 Å².